The number of carbonyl (C=O) groups excluding carboxylic acids is 2. The Morgan fingerprint density at radius 3 is 2.56 bits per heavy atom. The molecule has 0 radical (unpaired) electrons. The highest BCUT2D eigenvalue weighted by atomic mass is 19.1. The maximum Gasteiger partial charge on any atom is 0.255 e. The Labute approximate surface area is 313 Å². The van der Waals surface area contributed by atoms with E-state index in [0.29, 0.717) is 48.7 Å². The number of halogens is 2. The Kier molecular flexibility index (Phi) is 8.57. The first-order valence-corrected chi connectivity index (χ1v) is 17.8. The van der Waals surface area contributed by atoms with Crippen LogP contribution in [-0.4, -0.2) is 61.5 Å². The number of hydrogen-bond acceptors (Lipinski definition) is 8. The van der Waals surface area contributed by atoms with Crippen molar-refractivity contribution in [3.05, 3.63) is 120 Å². The summed E-state index contributed by atoms with van der Waals surface area (Å²) in [7, 11) is 0. The second-order valence-corrected chi connectivity index (χ2v) is 13.7. The summed E-state index contributed by atoms with van der Waals surface area (Å²) in [5, 5.41) is 4.84. The Bertz CT molecular complexity index is 2570. The summed E-state index contributed by atoms with van der Waals surface area (Å²) in [6.45, 7) is 3.24. The quantitative estimate of drug-likeness (QED) is 0.167. The van der Waals surface area contributed by atoms with Crippen molar-refractivity contribution in [1.82, 2.24) is 30.2 Å². The van der Waals surface area contributed by atoms with E-state index in [0.717, 1.165) is 39.0 Å². The van der Waals surface area contributed by atoms with Gasteiger partial charge in [0.05, 0.1) is 18.3 Å². The number of H-pyrrole nitrogens is 1. The maximum atomic E-state index is 15.4. The highest BCUT2D eigenvalue weighted by Crippen LogP contribution is 2.36. The van der Waals surface area contributed by atoms with Crippen LogP contribution >= 0.6 is 0 Å². The summed E-state index contributed by atoms with van der Waals surface area (Å²) in [5.41, 5.74) is 4.96. The average Bonchev–Trinajstić information content (AvgIpc) is 3.71. The van der Waals surface area contributed by atoms with Crippen LogP contribution in [0.4, 0.5) is 8.78 Å². The molecule has 13 heteroatoms. The molecule has 2 fully saturated rings. The lowest BCUT2D eigenvalue weighted by Gasteiger charge is -2.34. The normalized spacial score (nSPS) is 19.1. The van der Waals surface area contributed by atoms with E-state index in [2.05, 4.69) is 61.9 Å². The summed E-state index contributed by atoms with van der Waals surface area (Å²) >= 11 is 0. The second kappa shape index (κ2) is 13.9. The summed E-state index contributed by atoms with van der Waals surface area (Å²) in [6, 6.07) is 15.7. The molecular formula is C42H32F2N6O5. The van der Waals surface area contributed by atoms with Crippen molar-refractivity contribution < 1.29 is 32.6 Å². The number of aromatic amines is 1. The highest BCUT2D eigenvalue weighted by molar-refractivity contribution is 6.07. The van der Waals surface area contributed by atoms with Gasteiger partial charge in [0.2, 0.25) is 11.8 Å². The molecule has 1 unspecified atom stereocenters. The average molecular weight is 739 g/mol. The number of fused-ring (bicyclic) bond motifs is 4. The predicted molar refractivity (Wildman–Crippen MR) is 198 cm³/mol. The fourth-order valence-electron chi connectivity index (χ4n) is 7.20. The van der Waals surface area contributed by atoms with Crippen LogP contribution in [0.5, 0.6) is 17.4 Å². The van der Waals surface area contributed by atoms with Gasteiger partial charge in [-0.3, -0.25) is 14.6 Å². The molecule has 2 aromatic carbocycles. The Balaban J connectivity index is 0.745. The number of allylic oxidation sites excluding steroid dienone is 1. The molecule has 4 aromatic heterocycles. The number of piperidine rings is 1. The van der Waals surface area contributed by atoms with Crippen molar-refractivity contribution in [2.45, 2.75) is 50.5 Å². The smallest absolute Gasteiger partial charge is 0.255 e. The molecule has 0 spiro atoms. The zero-order valence-electron chi connectivity index (χ0n) is 29.3. The van der Waals surface area contributed by atoms with E-state index < -0.39 is 35.2 Å². The maximum absolute atomic E-state index is 15.4. The van der Waals surface area contributed by atoms with E-state index in [1.54, 1.807) is 24.5 Å². The first-order chi connectivity index (χ1) is 26.8. The molecule has 1 atom stereocenters. The molecule has 2 amide bonds. The molecular weight excluding hydrogens is 706 g/mol. The van der Waals surface area contributed by atoms with Crippen LogP contribution < -0.4 is 19.5 Å². The number of hydrogen-bond donors (Lipinski definition) is 2. The fraction of sp³-hybridized carbons (Fsp3) is 0.214. The Morgan fingerprint density at radius 2 is 1.76 bits per heavy atom. The van der Waals surface area contributed by atoms with Crippen LogP contribution in [0, 0.1) is 23.5 Å². The van der Waals surface area contributed by atoms with Crippen molar-refractivity contribution in [2.24, 2.45) is 0 Å². The van der Waals surface area contributed by atoms with Gasteiger partial charge >= 0.3 is 0 Å². The van der Waals surface area contributed by atoms with Gasteiger partial charge < -0.3 is 29.4 Å². The SMILES string of the molecule is C=C1CCC(N2Cc3c(cc(F)c(OCC#Cc4ccc(OC5CC(Oc6ccc(-c7ccc8c(c7)[nH]c7ccncc78)cn6)C5)cn4)c3F)C2=O)C(=O)N1. The third-order valence-corrected chi connectivity index (χ3v) is 10.1. The van der Waals surface area contributed by atoms with E-state index >= 15 is 4.39 Å². The molecule has 1 saturated carbocycles. The monoisotopic (exact) mass is 738 g/mol. The molecule has 0 bridgehead atoms. The van der Waals surface area contributed by atoms with E-state index in [-0.39, 0.29) is 36.5 Å². The third-order valence-electron chi connectivity index (χ3n) is 10.1. The standard InChI is InChI=1S/C42H32F2N6O5/c1-23-4-10-37(41(51)48-23)50-22-33-31(42(50)52)18-34(43)40(39(33)44)53-14-2-3-26-7-8-27(20-46-26)54-28-16-29(17-28)55-38-11-6-25(19-47-38)24-5-9-30-32-21-45-13-12-35(32)49-36(30)15-24/h5-9,11-13,15,18-21,28-29,37,49H,1,4,10,14,16-17,22H2,(H,48,51). The molecule has 2 aliphatic heterocycles. The molecule has 3 aliphatic rings. The van der Waals surface area contributed by atoms with E-state index in [9.17, 15) is 14.0 Å². The molecule has 2 N–H and O–H groups in total. The molecule has 1 saturated heterocycles. The topological polar surface area (TPSA) is 132 Å². The number of nitrogens with one attached hydrogen (secondary N) is 2. The number of ether oxygens (including phenoxy) is 3. The van der Waals surface area contributed by atoms with Crippen molar-refractivity contribution in [1.29, 1.82) is 0 Å². The van der Waals surface area contributed by atoms with Gasteiger partial charge in [0, 0.05) is 76.1 Å². The molecule has 6 aromatic rings. The predicted octanol–water partition coefficient (Wildman–Crippen LogP) is 6.62. The lowest BCUT2D eigenvalue weighted by Crippen LogP contribution is -2.49. The summed E-state index contributed by atoms with van der Waals surface area (Å²) < 4.78 is 47.7. The van der Waals surface area contributed by atoms with Gasteiger partial charge in [-0.1, -0.05) is 24.6 Å². The Morgan fingerprint density at radius 1 is 0.909 bits per heavy atom. The summed E-state index contributed by atoms with van der Waals surface area (Å²) in [4.78, 5) is 43.1. The van der Waals surface area contributed by atoms with Crippen LogP contribution in [0.1, 0.15) is 47.3 Å². The van der Waals surface area contributed by atoms with Gasteiger partial charge in [-0.25, -0.2) is 18.7 Å². The molecule has 6 heterocycles. The highest BCUT2D eigenvalue weighted by Gasteiger charge is 2.41. The van der Waals surface area contributed by atoms with Gasteiger partial charge in [-0.05, 0) is 60.7 Å². The zero-order valence-corrected chi connectivity index (χ0v) is 29.3. The van der Waals surface area contributed by atoms with Gasteiger partial charge in [-0.2, -0.15) is 0 Å². The largest absolute Gasteiger partial charge is 0.489 e. The Hall–Kier alpha value is -6.81. The van der Waals surface area contributed by atoms with E-state index in [4.69, 9.17) is 14.2 Å². The number of nitrogens with zero attached hydrogens (tertiary/aromatic N) is 4. The van der Waals surface area contributed by atoms with Gasteiger partial charge in [-0.15, -0.1) is 0 Å². The lowest BCUT2D eigenvalue weighted by atomic mass is 9.92. The minimum absolute atomic E-state index is 0.0169. The van der Waals surface area contributed by atoms with Crippen molar-refractivity contribution in [3.8, 4) is 40.3 Å². The number of aromatic nitrogens is 4. The third kappa shape index (κ3) is 6.56. The van der Waals surface area contributed by atoms with Crippen LogP contribution in [-0.2, 0) is 11.3 Å². The number of carbonyl (C=O) groups is 2. The van der Waals surface area contributed by atoms with Gasteiger partial charge in [0.1, 0.15) is 36.3 Å². The van der Waals surface area contributed by atoms with Crippen molar-refractivity contribution in [2.75, 3.05) is 6.61 Å². The van der Waals surface area contributed by atoms with Crippen molar-refractivity contribution in [3.63, 3.8) is 0 Å². The van der Waals surface area contributed by atoms with Crippen molar-refractivity contribution >= 4 is 33.6 Å². The van der Waals surface area contributed by atoms with E-state index in [1.165, 1.54) is 4.90 Å². The molecule has 1 aliphatic carbocycles. The van der Waals surface area contributed by atoms with Gasteiger partial charge in [0.25, 0.3) is 5.91 Å². The molecule has 9 rings (SSSR count). The van der Waals surface area contributed by atoms with Crippen LogP contribution in [0.25, 0.3) is 32.9 Å². The number of amides is 2. The number of pyridine rings is 3. The van der Waals surface area contributed by atoms with Crippen LogP contribution in [0.15, 0.2) is 91.7 Å². The number of benzene rings is 2. The lowest BCUT2D eigenvalue weighted by molar-refractivity contribution is -0.126. The summed E-state index contributed by atoms with van der Waals surface area (Å²) in [5.74, 6) is 3.01. The minimum Gasteiger partial charge on any atom is -0.489 e. The van der Waals surface area contributed by atoms with E-state index in [1.807, 2.05) is 30.6 Å². The minimum atomic E-state index is -1.03. The fourth-order valence-corrected chi connectivity index (χ4v) is 7.20. The van der Waals surface area contributed by atoms with Crippen LogP contribution in [0.2, 0.25) is 0 Å². The molecule has 274 valence electrons. The first kappa shape index (κ1) is 34.0. The second-order valence-electron chi connectivity index (χ2n) is 13.7. The molecule has 55 heavy (non-hydrogen) atoms. The number of rotatable bonds is 8. The summed E-state index contributed by atoms with van der Waals surface area (Å²) in [6.07, 6.45) is 9.21. The molecule has 11 nitrogen and oxygen atoms in total. The van der Waals surface area contributed by atoms with Crippen LogP contribution in [0.3, 0.4) is 0 Å². The first-order valence-electron chi connectivity index (χ1n) is 17.8. The van der Waals surface area contributed by atoms with Gasteiger partial charge in [0.15, 0.2) is 17.4 Å². The zero-order chi connectivity index (χ0) is 37.6.